The van der Waals surface area contributed by atoms with Gasteiger partial charge in [-0.1, -0.05) is 0 Å². The molecule has 8 bridgehead atoms. The predicted octanol–water partition coefficient (Wildman–Crippen LogP) is 6.14. The summed E-state index contributed by atoms with van der Waals surface area (Å²) >= 11 is 0. The van der Waals surface area contributed by atoms with Crippen LogP contribution in [0.15, 0.2) is 78.9 Å². The third kappa shape index (κ3) is 5.28. The number of aromatic amines is 2. The molecule has 6 rings (SSSR count). The maximum absolute atomic E-state index is 4.62. The molecule has 5 heteroatoms. The molecule has 3 aromatic heterocycles. The van der Waals surface area contributed by atoms with E-state index in [9.17, 15) is 0 Å². The summed E-state index contributed by atoms with van der Waals surface area (Å²) in [6, 6.07) is 28.9. The maximum atomic E-state index is 4.62. The number of H-pyrrole nitrogens is 2. The summed E-state index contributed by atoms with van der Waals surface area (Å²) < 4.78 is 0. The van der Waals surface area contributed by atoms with Gasteiger partial charge < -0.3 is 9.97 Å². The van der Waals surface area contributed by atoms with Crippen LogP contribution in [0, 0.1) is 6.07 Å². The third-order valence-corrected chi connectivity index (χ3v) is 4.65. The molecule has 5 heterocycles. The van der Waals surface area contributed by atoms with Crippen LogP contribution in [0.25, 0.3) is 46.4 Å². The Kier molecular flexibility index (Phi) is 6.27. The molecule has 0 amide bonds. The van der Waals surface area contributed by atoms with Crippen molar-refractivity contribution in [2.75, 3.05) is 0 Å². The van der Waals surface area contributed by atoms with E-state index in [4.69, 9.17) is 0 Å². The Hall–Kier alpha value is -3.66. The first kappa shape index (κ1) is 20.6. The van der Waals surface area contributed by atoms with Crippen LogP contribution in [0.5, 0.6) is 0 Å². The third-order valence-electron chi connectivity index (χ3n) is 4.65. The minimum atomic E-state index is 0. The van der Waals surface area contributed by atoms with Crippen LogP contribution in [0.1, 0.15) is 22.8 Å². The van der Waals surface area contributed by atoms with Crippen LogP contribution in [0.2, 0.25) is 0 Å². The van der Waals surface area contributed by atoms with Crippen molar-refractivity contribution in [3.63, 3.8) is 0 Å². The van der Waals surface area contributed by atoms with Gasteiger partial charge in [0.05, 0.1) is 22.8 Å². The number of nitrogens with one attached hydrogen (secondary N) is 2. The zero-order valence-corrected chi connectivity index (χ0v) is 17.5. The van der Waals surface area contributed by atoms with Crippen molar-refractivity contribution in [1.29, 1.82) is 0 Å². The fourth-order valence-corrected chi connectivity index (χ4v) is 3.29. The van der Waals surface area contributed by atoms with Crippen LogP contribution in [0.3, 0.4) is 0 Å². The van der Waals surface area contributed by atoms with Crippen molar-refractivity contribution in [3.8, 4) is 0 Å². The summed E-state index contributed by atoms with van der Waals surface area (Å²) in [5.41, 5.74) is 7.86. The molecule has 2 N–H and O–H groups in total. The summed E-state index contributed by atoms with van der Waals surface area (Å²) in [6.07, 6.45) is 8.05. The molecule has 0 saturated heterocycles. The molecule has 4 aromatic rings. The van der Waals surface area contributed by atoms with Crippen LogP contribution in [-0.4, -0.2) is 19.9 Å². The number of nitrogens with zero attached hydrogens (tertiary/aromatic N) is 2. The van der Waals surface area contributed by atoms with Crippen molar-refractivity contribution < 1.29 is 17.1 Å². The van der Waals surface area contributed by atoms with E-state index in [2.05, 4.69) is 56.3 Å². The van der Waals surface area contributed by atoms with Crippen LogP contribution < -0.4 is 0 Å². The monoisotopic (exact) mass is 450 g/mol. The molecular weight excluding hydrogens is 432 g/mol. The van der Waals surface area contributed by atoms with Crippen molar-refractivity contribution in [3.05, 3.63) is 108 Å². The summed E-state index contributed by atoms with van der Waals surface area (Å²) in [7, 11) is 0. The molecule has 0 saturated carbocycles. The zero-order chi connectivity index (χ0) is 20.2. The Morgan fingerprint density at radius 2 is 0.935 bits per heavy atom. The standard InChI is InChI=1S/C20H14N4.C6H5.Cu/c1-2-14-10-16-5-6-18(23-16)12-20-8-7-19(24-20)11-17-4-3-15(22-17)9-13(1)21-14;1-2-4-6-5-3-1;/h1-12,21-22H;1-5H;/q;-1;+1. The minimum Gasteiger partial charge on any atom is -0.355 e. The maximum Gasteiger partial charge on any atom is 1.00 e. The molecule has 2 aliphatic rings. The largest absolute Gasteiger partial charge is 1.00 e. The van der Waals surface area contributed by atoms with Gasteiger partial charge in [-0.3, -0.25) is 0 Å². The summed E-state index contributed by atoms with van der Waals surface area (Å²) in [5.74, 6) is 0. The second-order valence-electron chi connectivity index (χ2n) is 6.98. The van der Waals surface area contributed by atoms with E-state index in [-0.39, 0.29) is 17.1 Å². The van der Waals surface area contributed by atoms with Crippen LogP contribution in [-0.2, 0) is 17.1 Å². The molecule has 1 aromatic carbocycles. The van der Waals surface area contributed by atoms with E-state index in [1.807, 2.05) is 72.8 Å². The second kappa shape index (κ2) is 9.43. The van der Waals surface area contributed by atoms with Gasteiger partial charge in [0.15, 0.2) is 0 Å². The van der Waals surface area contributed by atoms with Gasteiger partial charge in [-0.05, 0) is 72.8 Å². The van der Waals surface area contributed by atoms with Gasteiger partial charge in [-0.2, -0.15) is 36.4 Å². The number of benzene rings is 1. The molecular formula is C26H19CuN4. The molecule has 31 heavy (non-hydrogen) atoms. The van der Waals surface area contributed by atoms with E-state index in [1.54, 1.807) is 0 Å². The summed E-state index contributed by atoms with van der Waals surface area (Å²) in [5, 5.41) is 0. The van der Waals surface area contributed by atoms with Gasteiger partial charge in [0.1, 0.15) is 0 Å². The van der Waals surface area contributed by atoms with Crippen molar-refractivity contribution >= 4 is 46.4 Å². The Bertz CT molecular complexity index is 1280. The molecule has 0 aliphatic carbocycles. The molecule has 0 radical (unpaired) electrons. The number of hydrogen-bond acceptors (Lipinski definition) is 2. The summed E-state index contributed by atoms with van der Waals surface area (Å²) in [6.45, 7) is 0. The van der Waals surface area contributed by atoms with Gasteiger partial charge >= 0.3 is 17.1 Å². The number of aromatic nitrogens is 4. The molecule has 0 fully saturated rings. The Morgan fingerprint density at radius 1 is 0.516 bits per heavy atom. The van der Waals surface area contributed by atoms with Gasteiger partial charge in [0, 0.05) is 22.1 Å². The average molecular weight is 451 g/mol. The molecule has 154 valence electrons. The normalized spacial score (nSPS) is 11.4. The molecule has 0 atom stereocenters. The van der Waals surface area contributed by atoms with E-state index in [0.29, 0.717) is 0 Å². The molecule has 0 spiro atoms. The predicted molar refractivity (Wildman–Crippen MR) is 124 cm³/mol. The Morgan fingerprint density at radius 3 is 1.32 bits per heavy atom. The van der Waals surface area contributed by atoms with Gasteiger partial charge in [0.25, 0.3) is 0 Å². The van der Waals surface area contributed by atoms with E-state index in [1.165, 1.54) is 0 Å². The average Bonchev–Trinajstić information content (AvgIpc) is 3.56. The van der Waals surface area contributed by atoms with Gasteiger partial charge in [0.2, 0.25) is 0 Å². The number of hydrogen-bond donors (Lipinski definition) is 2. The molecule has 4 nitrogen and oxygen atoms in total. The SMILES string of the molecule is C1=Cc2cc3ccc(cc4ccc(cc5nc(cc1n2)C=C5)[nH]4)[nH]3.[Cu+].[c-]1ccccc1. The van der Waals surface area contributed by atoms with E-state index in [0.717, 1.165) is 44.8 Å². The van der Waals surface area contributed by atoms with Gasteiger partial charge in [-0.15, -0.1) is 0 Å². The number of fused-ring (bicyclic) bond motifs is 8. The van der Waals surface area contributed by atoms with E-state index < -0.39 is 0 Å². The van der Waals surface area contributed by atoms with Crippen molar-refractivity contribution in [1.82, 2.24) is 19.9 Å². The van der Waals surface area contributed by atoms with Crippen LogP contribution in [0.4, 0.5) is 0 Å². The zero-order valence-electron chi connectivity index (χ0n) is 16.5. The van der Waals surface area contributed by atoms with Gasteiger partial charge in [-0.25, -0.2) is 9.97 Å². The minimum absolute atomic E-state index is 0. The molecule has 2 aliphatic heterocycles. The second-order valence-corrected chi connectivity index (χ2v) is 6.98. The van der Waals surface area contributed by atoms with Crippen molar-refractivity contribution in [2.45, 2.75) is 0 Å². The van der Waals surface area contributed by atoms with Crippen LogP contribution >= 0.6 is 0 Å². The van der Waals surface area contributed by atoms with Crippen molar-refractivity contribution in [2.24, 2.45) is 0 Å². The first-order valence-corrected chi connectivity index (χ1v) is 9.76. The van der Waals surface area contributed by atoms with E-state index >= 15 is 0 Å². The number of rotatable bonds is 0. The fraction of sp³-hybridized carbons (Fsp3) is 0. The topological polar surface area (TPSA) is 57.4 Å². The summed E-state index contributed by atoms with van der Waals surface area (Å²) in [4.78, 5) is 16.0. The first-order valence-electron chi connectivity index (χ1n) is 9.76. The Labute approximate surface area is 190 Å². The molecule has 0 unspecified atom stereocenters. The Balaban J connectivity index is 0.000000288. The first-order chi connectivity index (χ1) is 14.8. The fourth-order valence-electron chi connectivity index (χ4n) is 3.29. The smallest absolute Gasteiger partial charge is 0.355 e. The quantitative estimate of drug-likeness (QED) is 0.216.